The van der Waals surface area contributed by atoms with E-state index in [1.165, 1.54) is 4.68 Å². The molecule has 1 aromatic heterocycles. The van der Waals surface area contributed by atoms with Gasteiger partial charge in [0.05, 0.1) is 11.4 Å². The Morgan fingerprint density at radius 3 is 2.47 bits per heavy atom. The lowest BCUT2D eigenvalue weighted by Crippen LogP contribution is -2.42. The molecule has 17 heavy (non-hydrogen) atoms. The maximum absolute atomic E-state index is 12.2. The van der Waals surface area contributed by atoms with Crippen molar-refractivity contribution < 1.29 is 9.00 Å². The van der Waals surface area contributed by atoms with Crippen molar-refractivity contribution in [2.45, 2.75) is 6.92 Å². The zero-order valence-corrected chi connectivity index (χ0v) is 10.8. The smallest absolute Gasteiger partial charge is 0.274 e. The van der Waals surface area contributed by atoms with Crippen LogP contribution in [0.25, 0.3) is 0 Å². The molecular formula is C10H16N4O2S. The monoisotopic (exact) mass is 256 g/mol. The van der Waals surface area contributed by atoms with E-state index >= 15 is 0 Å². The summed E-state index contributed by atoms with van der Waals surface area (Å²) in [6, 6.07) is 0. The molecule has 0 spiro atoms. The number of nitrogen functional groups attached to an aromatic ring is 1. The summed E-state index contributed by atoms with van der Waals surface area (Å²) in [6.45, 7) is 2.82. The highest BCUT2D eigenvalue weighted by atomic mass is 32.2. The minimum atomic E-state index is -0.787. The molecule has 1 saturated heterocycles. The van der Waals surface area contributed by atoms with E-state index < -0.39 is 10.8 Å². The van der Waals surface area contributed by atoms with Crippen LogP contribution in [0.2, 0.25) is 0 Å². The number of hydrogen-bond acceptors (Lipinski definition) is 4. The first-order valence-corrected chi connectivity index (χ1v) is 6.93. The lowest BCUT2D eigenvalue weighted by molar-refractivity contribution is 0.0761. The topological polar surface area (TPSA) is 81.2 Å². The molecule has 1 aliphatic heterocycles. The Morgan fingerprint density at radius 2 is 2.00 bits per heavy atom. The second-order valence-electron chi connectivity index (χ2n) is 4.11. The van der Waals surface area contributed by atoms with Gasteiger partial charge in [-0.2, -0.15) is 5.10 Å². The molecular weight excluding hydrogens is 240 g/mol. The van der Waals surface area contributed by atoms with Crippen molar-refractivity contribution in [3.63, 3.8) is 0 Å². The number of carbonyl (C=O) groups is 1. The zero-order chi connectivity index (χ0) is 12.6. The Morgan fingerprint density at radius 1 is 1.41 bits per heavy atom. The van der Waals surface area contributed by atoms with Crippen LogP contribution in [0, 0.1) is 6.92 Å². The first-order valence-electron chi connectivity index (χ1n) is 5.44. The van der Waals surface area contributed by atoms with E-state index in [9.17, 15) is 9.00 Å². The van der Waals surface area contributed by atoms with Crippen molar-refractivity contribution >= 4 is 22.4 Å². The van der Waals surface area contributed by atoms with Gasteiger partial charge in [-0.15, -0.1) is 0 Å². The Bertz CT molecular complexity index is 473. The third-order valence-electron chi connectivity index (χ3n) is 2.94. The third kappa shape index (κ3) is 2.19. The van der Waals surface area contributed by atoms with Crippen LogP contribution in [-0.2, 0) is 17.8 Å². The summed E-state index contributed by atoms with van der Waals surface area (Å²) in [7, 11) is 0.920. The van der Waals surface area contributed by atoms with E-state index in [0.717, 1.165) is 0 Å². The van der Waals surface area contributed by atoms with Crippen LogP contribution in [0.1, 0.15) is 16.2 Å². The Balaban J connectivity index is 2.22. The molecule has 6 nitrogen and oxygen atoms in total. The van der Waals surface area contributed by atoms with Crippen molar-refractivity contribution in [2.75, 3.05) is 30.3 Å². The summed E-state index contributed by atoms with van der Waals surface area (Å²) in [6.07, 6.45) is 0. The quantitative estimate of drug-likeness (QED) is 0.735. The molecule has 0 radical (unpaired) electrons. The molecule has 0 aromatic carbocycles. The van der Waals surface area contributed by atoms with E-state index in [1.54, 1.807) is 18.9 Å². The van der Waals surface area contributed by atoms with E-state index in [4.69, 9.17) is 5.73 Å². The standard InChI is InChI=1S/C10H16N4O2S/c1-7-8(11)9(13(2)12-7)10(15)14-3-5-17(16)6-4-14/h3-6,11H2,1-2H3. The number of rotatable bonds is 1. The summed E-state index contributed by atoms with van der Waals surface area (Å²) in [4.78, 5) is 13.9. The van der Waals surface area contributed by atoms with Gasteiger partial charge in [0.15, 0.2) is 0 Å². The number of anilines is 1. The van der Waals surface area contributed by atoms with Crippen LogP contribution >= 0.6 is 0 Å². The Kier molecular flexibility index (Phi) is 3.19. The van der Waals surface area contributed by atoms with Gasteiger partial charge in [-0.3, -0.25) is 13.7 Å². The molecule has 0 atom stereocenters. The lowest BCUT2D eigenvalue weighted by atomic mass is 10.2. The van der Waals surface area contributed by atoms with E-state index in [2.05, 4.69) is 5.10 Å². The van der Waals surface area contributed by atoms with E-state index in [0.29, 0.717) is 41.7 Å². The fraction of sp³-hybridized carbons (Fsp3) is 0.600. The lowest BCUT2D eigenvalue weighted by Gasteiger charge is -2.26. The number of amides is 1. The molecule has 0 aliphatic carbocycles. The van der Waals surface area contributed by atoms with Crippen molar-refractivity contribution in [3.05, 3.63) is 11.4 Å². The second kappa shape index (κ2) is 4.48. The second-order valence-corrected chi connectivity index (χ2v) is 5.81. The van der Waals surface area contributed by atoms with Crippen LogP contribution in [0.5, 0.6) is 0 Å². The fourth-order valence-electron chi connectivity index (χ4n) is 1.92. The predicted octanol–water partition coefficient (Wildman–Crippen LogP) is -0.485. The molecule has 94 valence electrons. The number of aryl methyl sites for hydroxylation is 2. The number of carbonyl (C=O) groups excluding carboxylic acids is 1. The summed E-state index contributed by atoms with van der Waals surface area (Å²) in [5, 5.41) is 4.13. The molecule has 0 bridgehead atoms. The van der Waals surface area contributed by atoms with Gasteiger partial charge in [0, 0.05) is 42.4 Å². The van der Waals surface area contributed by atoms with Crippen LogP contribution < -0.4 is 5.73 Å². The number of aromatic nitrogens is 2. The molecule has 0 saturated carbocycles. The van der Waals surface area contributed by atoms with Gasteiger partial charge in [0.2, 0.25) is 0 Å². The minimum Gasteiger partial charge on any atom is -0.395 e. The van der Waals surface area contributed by atoms with Gasteiger partial charge in [0.1, 0.15) is 5.69 Å². The summed E-state index contributed by atoms with van der Waals surface area (Å²) in [5.74, 6) is 0.965. The van der Waals surface area contributed by atoms with Gasteiger partial charge in [0.25, 0.3) is 5.91 Å². The predicted molar refractivity (Wildman–Crippen MR) is 66.1 cm³/mol. The molecule has 2 N–H and O–H groups in total. The van der Waals surface area contributed by atoms with Crippen molar-refractivity contribution in [1.29, 1.82) is 0 Å². The number of hydrogen-bond donors (Lipinski definition) is 1. The Labute approximate surface area is 102 Å². The van der Waals surface area contributed by atoms with Crippen LogP contribution in [0.15, 0.2) is 0 Å². The zero-order valence-electron chi connectivity index (χ0n) is 9.97. The average Bonchev–Trinajstić information content (AvgIpc) is 2.53. The van der Waals surface area contributed by atoms with Gasteiger partial charge in [-0.05, 0) is 6.92 Å². The van der Waals surface area contributed by atoms with Gasteiger partial charge in [-0.25, -0.2) is 0 Å². The van der Waals surface area contributed by atoms with Crippen LogP contribution in [0.3, 0.4) is 0 Å². The summed E-state index contributed by atoms with van der Waals surface area (Å²) in [5.41, 5.74) is 7.37. The van der Waals surface area contributed by atoms with Gasteiger partial charge in [-0.1, -0.05) is 0 Å². The van der Waals surface area contributed by atoms with Gasteiger partial charge >= 0.3 is 0 Å². The Hall–Kier alpha value is -1.37. The highest BCUT2D eigenvalue weighted by Crippen LogP contribution is 2.18. The molecule has 1 amide bonds. The van der Waals surface area contributed by atoms with Crippen LogP contribution in [0.4, 0.5) is 5.69 Å². The highest BCUT2D eigenvalue weighted by Gasteiger charge is 2.26. The largest absolute Gasteiger partial charge is 0.395 e. The molecule has 1 aliphatic rings. The van der Waals surface area contributed by atoms with E-state index in [-0.39, 0.29) is 5.91 Å². The number of nitrogens with two attached hydrogens (primary N) is 1. The molecule has 2 heterocycles. The third-order valence-corrected chi connectivity index (χ3v) is 4.21. The van der Waals surface area contributed by atoms with Crippen molar-refractivity contribution in [3.8, 4) is 0 Å². The normalized spacial score (nSPS) is 17.4. The molecule has 7 heteroatoms. The summed E-state index contributed by atoms with van der Waals surface area (Å²) >= 11 is 0. The highest BCUT2D eigenvalue weighted by molar-refractivity contribution is 7.85. The molecule has 1 aromatic rings. The van der Waals surface area contributed by atoms with Gasteiger partial charge < -0.3 is 10.6 Å². The molecule has 0 unspecified atom stereocenters. The SMILES string of the molecule is Cc1nn(C)c(C(=O)N2CCS(=O)CC2)c1N. The maximum Gasteiger partial charge on any atom is 0.274 e. The maximum atomic E-state index is 12.2. The summed E-state index contributed by atoms with van der Waals surface area (Å²) < 4.78 is 12.7. The molecule has 1 fully saturated rings. The van der Waals surface area contributed by atoms with Crippen molar-refractivity contribution in [2.24, 2.45) is 7.05 Å². The van der Waals surface area contributed by atoms with E-state index in [1.807, 2.05) is 0 Å². The average molecular weight is 256 g/mol. The number of nitrogens with zero attached hydrogens (tertiary/aromatic N) is 3. The fourth-order valence-corrected chi connectivity index (χ4v) is 2.97. The molecule has 2 rings (SSSR count). The first kappa shape index (κ1) is 12.1. The van der Waals surface area contributed by atoms with Crippen molar-refractivity contribution in [1.82, 2.24) is 14.7 Å². The minimum absolute atomic E-state index is 0.123. The first-order chi connectivity index (χ1) is 8.00. The van der Waals surface area contributed by atoms with Crippen LogP contribution in [-0.4, -0.2) is 49.4 Å².